The van der Waals surface area contributed by atoms with Crippen molar-refractivity contribution in [2.24, 2.45) is 0 Å². The molecule has 1 aliphatic heterocycles. The van der Waals surface area contributed by atoms with Gasteiger partial charge in [0.05, 0.1) is 4.88 Å². The van der Waals surface area contributed by atoms with Gasteiger partial charge in [-0.1, -0.05) is 24.3 Å². The van der Waals surface area contributed by atoms with Crippen LogP contribution in [0.4, 0.5) is 0 Å². The molecular formula is C18H19NOS. The molecule has 108 valence electrons. The normalized spacial score (nSPS) is 18.1. The number of hydrogen-bond donors (Lipinski definition) is 1. The van der Waals surface area contributed by atoms with Crippen LogP contribution in [0.2, 0.25) is 0 Å². The second-order valence-corrected chi connectivity index (χ2v) is 7.46. The van der Waals surface area contributed by atoms with Crippen molar-refractivity contribution < 1.29 is 4.79 Å². The molecule has 3 rings (SSSR count). The van der Waals surface area contributed by atoms with E-state index in [1.54, 1.807) is 17.4 Å². The Balaban J connectivity index is 2.01. The fourth-order valence-electron chi connectivity index (χ4n) is 2.77. The molecule has 0 bridgehead atoms. The Kier molecular flexibility index (Phi) is 3.46. The molecule has 0 aliphatic carbocycles. The highest BCUT2D eigenvalue weighted by atomic mass is 32.1. The SMILES string of the molecule is Cc1ccc(C(=O)C=C2NC(C)(C)Cc3ccccc32)s1. The molecule has 2 nitrogen and oxygen atoms in total. The predicted octanol–water partition coefficient (Wildman–Crippen LogP) is 4.20. The molecule has 0 amide bonds. The van der Waals surface area contributed by atoms with Gasteiger partial charge in [0.1, 0.15) is 0 Å². The number of allylic oxidation sites excluding steroid dienone is 1. The van der Waals surface area contributed by atoms with Crippen molar-refractivity contribution in [3.05, 3.63) is 63.4 Å². The van der Waals surface area contributed by atoms with Gasteiger partial charge >= 0.3 is 0 Å². The number of carbonyl (C=O) groups excluding carboxylic acids is 1. The first kappa shape index (κ1) is 14.1. The van der Waals surface area contributed by atoms with Crippen molar-refractivity contribution in [1.82, 2.24) is 5.32 Å². The quantitative estimate of drug-likeness (QED) is 0.665. The van der Waals surface area contributed by atoms with E-state index in [-0.39, 0.29) is 11.3 Å². The van der Waals surface area contributed by atoms with Gasteiger partial charge in [-0.2, -0.15) is 0 Å². The van der Waals surface area contributed by atoms with E-state index < -0.39 is 0 Å². The van der Waals surface area contributed by atoms with Gasteiger partial charge in [0.2, 0.25) is 0 Å². The summed E-state index contributed by atoms with van der Waals surface area (Å²) in [6.07, 6.45) is 2.71. The van der Waals surface area contributed by atoms with Crippen molar-refractivity contribution in [3.63, 3.8) is 0 Å². The maximum absolute atomic E-state index is 12.4. The van der Waals surface area contributed by atoms with Gasteiger partial charge in [0.25, 0.3) is 0 Å². The number of carbonyl (C=O) groups is 1. The molecule has 3 heteroatoms. The van der Waals surface area contributed by atoms with Gasteiger partial charge in [-0.3, -0.25) is 4.79 Å². The van der Waals surface area contributed by atoms with E-state index in [0.717, 1.165) is 27.4 Å². The summed E-state index contributed by atoms with van der Waals surface area (Å²) in [7, 11) is 0. The van der Waals surface area contributed by atoms with Crippen LogP contribution in [0.5, 0.6) is 0 Å². The Morgan fingerprint density at radius 3 is 2.71 bits per heavy atom. The Morgan fingerprint density at radius 1 is 1.24 bits per heavy atom. The lowest BCUT2D eigenvalue weighted by Crippen LogP contribution is -2.43. The van der Waals surface area contributed by atoms with E-state index >= 15 is 0 Å². The Hall–Kier alpha value is -1.87. The minimum atomic E-state index is -0.0359. The summed E-state index contributed by atoms with van der Waals surface area (Å²) in [5.41, 5.74) is 3.32. The number of nitrogens with one attached hydrogen (secondary N) is 1. The summed E-state index contributed by atoms with van der Waals surface area (Å²) in [5.74, 6) is 0.0723. The monoisotopic (exact) mass is 297 g/mol. The summed E-state index contributed by atoms with van der Waals surface area (Å²) >= 11 is 1.54. The third-order valence-electron chi connectivity index (χ3n) is 3.67. The van der Waals surface area contributed by atoms with Crippen LogP contribution >= 0.6 is 11.3 Å². The smallest absolute Gasteiger partial charge is 0.197 e. The molecule has 1 aromatic heterocycles. The highest BCUT2D eigenvalue weighted by Crippen LogP contribution is 2.30. The molecule has 2 heterocycles. The van der Waals surface area contributed by atoms with E-state index in [9.17, 15) is 4.79 Å². The molecule has 0 unspecified atom stereocenters. The average Bonchev–Trinajstić information content (AvgIpc) is 2.84. The molecule has 21 heavy (non-hydrogen) atoms. The van der Waals surface area contributed by atoms with Crippen LogP contribution in [0.15, 0.2) is 42.5 Å². The largest absolute Gasteiger partial charge is 0.379 e. The van der Waals surface area contributed by atoms with Crippen LogP contribution in [0.1, 0.15) is 39.5 Å². The minimum absolute atomic E-state index is 0.0359. The molecular weight excluding hydrogens is 278 g/mol. The van der Waals surface area contributed by atoms with Gasteiger partial charge in [-0.15, -0.1) is 11.3 Å². The number of thiophene rings is 1. The number of benzene rings is 1. The van der Waals surface area contributed by atoms with Crippen LogP contribution in [-0.2, 0) is 6.42 Å². The maximum atomic E-state index is 12.4. The Labute approximate surface area is 129 Å². The van der Waals surface area contributed by atoms with Crippen LogP contribution in [0.3, 0.4) is 0 Å². The van der Waals surface area contributed by atoms with Gasteiger partial charge < -0.3 is 5.32 Å². The van der Waals surface area contributed by atoms with Crippen molar-refractivity contribution in [2.75, 3.05) is 0 Å². The zero-order valence-electron chi connectivity index (χ0n) is 12.6. The lowest BCUT2D eigenvalue weighted by Gasteiger charge is -2.35. The highest BCUT2D eigenvalue weighted by molar-refractivity contribution is 7.14. The fourth-order valence-corrected chi connectivity index (χ4v) is 3.55. The number of hydrogen-bond acceptors (Lipinski definition) is 3. The zero-order chi connectivity index (χ0) is 15.0. The maximum Gasteiger partial charge on any atom is 0.197 e. The van der Waals surface area contributed by atoms with Crippen molar-refractivity contribution >= 4 is 22.8 Å². The first-order chi connectivity index (χ1) is 9.94. The van der Waals surface area contributed by atoms with Gasteiger partial charge in [-0.05, 0) is 44.9 Å². The average molecular weight is 297 g/mol. The van der Waals surface area contributed by atoms with E-state index in [1.807, 2.05) is 25.1 Å². The lowest BCUT2D eigenvalue weighted by molar-refractivity contribution is 0.105. The Bertz CT molecular complexity index is 724. The first-order valence-corrected chi connectivity index (χ1v) is 7.95. The molecule has 0 saturated heterocycles. The first-order valence-electron chi connectivity index (χ1n) is 7.13. The van der Waals surface area contributed by atoms with Gasteiger partial charge in [-0.25, -0.2) is 0 Å². The number of rotatable bonds is 2. The van der Waals surface area contributed by atoms with E-state index in [0.29, 0.717) is 0 Å². The molecule has 0 atom stereocenters. The summed E-state index contributed by atoms with van der Waals surface area (Å²) in [6, 6.07) is 12.2. The van der Waals surface area contributed by atoms with Crippen LogP contribution in [-0.4, -0.2) is 11.3 Å². The van der Waals surface area contributed by atoms with Gasteiger partial charge in [0, 0.05) is 27.8 Å². The standard InChI is InChI=1S/C18H19NOS/c1-12-8-9-17(21-12)16(20)10-15-14-7-5-4-6-13(14)11-18(2,3)19-15/h4-10,19H,11H2,1-3H3. The van der Waals surface area contributed by atoms with Crippen molar-refractivity contribution in [1.29, 1.82) is 0 Å². The topological polar surface area (TPSA) is 29.1 Å². The molecule has 0 saturated carbocycles. The summed E-state index contributed by atoms with van der Waals surface area (Å²) in [4.78, 5) is 14.4. The summed E-state index contributed by atoms with van der Waals surface area (Å²) in [5, 5.41) is 3.50. The summed E-state index contributed by atoms with van der Waals surface area (Å²) < 4.78 is 0. The minimum Gasteiger partial charge on any atom is -0.379 e. The molecule has 0 fully saturated rings. The molecule has 0 spiro atoms. The fraction of sp³-hybridized carbons (Fsp3) is 0.278. The third-order valence-corrected chi connectivity index (χ3v) is 4.69. The van der Waals surface area contributed by atoms with Gasteiger partial charge in [0.15, 0.2) is 5.78 Å². The van der Waals surface area contributed by atoms with Crippen molar-refractivity contribution in [3.8, 4) is 0 Å². The number of aryl methyl sites for hydroxylation is 1. The number of ketones is 1. The lowest BCUT2D eigenvalue weighted by atomic mass is 9.85. The molecule has 1 aliphatic rings. The van der Waals surface area contributed by atoms with E-state index in [4.69, 9.17) is 0 Å². The molecule has 0 radical (unpaired) electrons. The summed E-state index contributed by atoms with van der Waals surface area (Å²) in [6.45, 7) is 6.35. The van der Waals surface area contributed by atoms with Crippen LogP contribution < -0.4 is 5.32 Å². The van der Waals surface area contributed by atoms with Crippen molar-refractivity contribution in [2.45, 2.75) is 32.7 Å². The van der Waals surface area contributed by atoms with Crippen LogP contribution in [0.25, 0.3) is 5.70 Å². The van der Waals surface area contributed by atoms with E-state index in [2.05, 4.69) is 37.4 Å². The second kappa shape index (κ2) is 5.15. The Morgan fingerprint density at radius 2 is 2.00 bits per heavy atom. The second-order valence-electron chi connectivity index (χ2n) is 6.18. The highest BCUT2D eigenvalue weighted by Gasteiger charge is 2.27. The third kappa shape index (κ3) is 2.93. The molecule has 1 N–H and O–H groups in total. The number of fused-ring (bicyclic) bond motifs is 1. The zero-order valence-corrected chi connectivity index (χ0v) is 13.4. The van der Waals surface area contributed by atoms with Crippen LogP contribution in [0, 0.1) is 6.92 Å². The molecule has 1 aromatic carbocycles. The molecule has 2 aromatic rings. The van der Waals surface area contributed by atoms with E-state index in [1.165, 1.54) is 5.56 Å². The predicted molar refractivity (Wildman–Crippen MR) is 88.7 cm³/mol.